The third kappa shape index (κ3) is 5.67. The Morgan fingerprint density at radius 1 is 1.57 bits per heavy atom. The fourth-order valence-electron chi connectivity index (χ4n) is 0.425. The Kier molecular flexibility index (Phi) is 5.40. The van der Waals surface area contributed by atoms with Gasteiger partial charge in [-0.25, -0.2) is 0 Å². The highest BCUT2D eigenvalue weighted by Crippen LogP contribution is 1.88. The zero-order valence-electron chi connectivity index (χ0n) is 5.15. The zero-order chi connectivity index (χ0) is 5.54. The first-order valence-electron chi connectivity index (χ1n) is 2.82. The van der Waals surface area contributed by atoms with Crippen LogP contribution < -0.4 is 0 Å². The lowest BCUT2D eigenvalue weighted by atomic mass is 10.3. The van der Waals surface area contributed by atoms with E-state index in [1.807, 2.05) is 13.3 Å². The molecule has 0 radical (unpaired) electrons. The van der Waals surface area contributed by atoms with Crippen LogP contribution in [0.3, 0.4) is 0 Å². The fourth-order valence-corrected chi connectivity index (χ4v) is 0.425. The molecule has 0 bridgehead atoms. The van der Waals surface area contributed by atoms with E-state index in [0.29, 0.717) is 0 Å². The third-order valence-electron chi connectivity index (χ3n) is 0.869. The largest absolute Gasteiger partial charge is 0.301 e. The van der Waals surface area contributed by atoms with E-state index in [-0.39, 0.29) is 0 Å². The summed E-state index contributed by atoms with van der Waals surface area (Å²) in [5, 5.41) is 0. The molecule has 0 fully saturated rings. The maximum absolute atomic E-state index is 3.85. The van der Waals surface area contributed by atoms with Crippen molar-refractivity contribution in [1.29, 1.82) is 0 Å². The average molecular weight is 101 g/mol. The molecule has 0 aromatic heterocycles. The molecule has 0 unspecified atom stereocenters. The summed E-state index contributed by atoms with van der Waals surface area (Å²) in [6.45, 7) is 2.18. The number of rotatable bonds is 3. The molecule has 0 heterocycles. The van der Waals surface area contributed by atoms with Crippen molar-refractivity contribution >= 4 is 6.21 Å². The molecule has 0 spiro atoms. The first-order chi connectivity index (χ1) is 3.41. The highest BCUT2D eigenvalue weighted by molar-refractivity contribution is 5.56. The molecule has 0 rings (SSSR count). The Bertz CT molecular complexity index is 48.1. The fraction of sp³-hybridized carbons (Fsp3) is 0.833. The van der Waals surface area contributed by atoms with Crippen molar-refractivity contribution in [1.82, 2.24) is 0 Å². The first-order valence-corrected chi connectivity index (χ1v) is 2.82. The number of hydrogen-bond acceptors (Lipinski definition) is 1. The standard InChI is InChI=1S/C6H13N/c1-3-4-5-6-7-2/h6H,3-5H2,1-2H3/b7-6-/i1+1,2+1. The van der Waals surface area contributed by atoms with Gasteiger partial charge in [0.15, 0.2) is 0 Å². The van der Waals surface area contributed by atoms with Gasteiger partial charge in [-0.2, -0.15) is 0 Å². The minimum absolute atomic E-state index is 1.15. The van der Waals surface area contributed by atoms with Crippen LogP contribution in [-0.2, 0) is 0 Å². The summed E-state index contributed by atoms with van der Waals surface area (Å²) in [4.78, 5) is 3.85. The van der Waals surface area contributed by atoms with Crippen LogP contribution in [0.15, 0.2) is 4.99 Å². The predicted octanol–water partition coefficient (Wildman–Crippen LogP) is 1.88. The molecule has 1 nitrogen and oxygen atoms in total. The Morgan fingerprint density at radius 3 is 2.71 bits per heavy atom. The van der Waals surface area contributed by atoms with Gasteiger partial charge in [0, 0.05) is 7.05 Å². The lowest BCUT2D eigenvalue weighted by Gasteiger charge is -1.83. The van der Waals surface area contributed by atoms with Crippen LogP contribution in [0.2, 0.25) is 0 Å². The van der Waals surface area contributed by atoms with Crippen LogP contribution in [0.25, 0.3) is 0 Å². The van der Waals surface area contributed by atoms with Crippen LogP contribution in [0, 0.1) is 0 Å². The number of unbranched alkanes of at least 4 members (excludes halogenated alkanes) is 2. The molecule has 0 aliphatic carbocycles. The maximum atomic E-state index is 3.85. The summed E-state index contributed by atoms with van der Waals surface area (Å²) in [5.41, 5.74) is 0. The molecule has 0 aromatic carbocycles. The van der Waals surface area contributed by atoms with Gasteiger partial charge in [-0.15, -0.1) is 0 Å². The van der Waals surface area contributed by atoms with Gasteiger partial charge in [-0.05, 0) is 19.1 Å². The van der Waals surface area contributed by atoms with Gasteiger partial charge in [0.25, 0.3) is 0 Å². The summed E-state index contributed by atoms with van der Waals surface area (Å²) < 4.78 is 0. The predicted molar refractivity (Wildman–Crippen MR) is 33.9 cm³/mol. The molecule has 1 heteroatoms. The lowest BCUT2D eigenvalue weighted by Crippen LogP contribution is -1.72. The van der Waals surface area contributed by atoms with Gasteiger partial charge in [0.05, 0.1) is 0 Å². The van der Waals surface area contributed by atoms with Crippen LogP contribution in [0.4, 0.5) is 0 Å². The molecule has 42 valence electrons. The normalized spacial score (nSPS) is 10.6. The van der Waals surface area contributed by atoms with Crippen molar-refractivity contribution in [2.24, 2.45) is 4.99 Å². The molecule has 0 N–H and O–H groups in total. The first kappa shape index (κ1) is 6.67. The summed E-state index contributed by atoms with van der Waals surface area (Å²) in [6, 6.07) is 0. The van der Waals surface area contributed by atoms with Crippen molar-refractivity contribution < 1.29 is 0 Å². The second-order valence-electron chi connectivity index (χ2n) is 1.58. The number of nitrogens with zero attached hydrogens (tertiary/aromatic N) is 1. The van der Waals surface area contributed by atoms with Crippen molar-refractivity contribution in [2.45, 2.75) is 26.2 Å². The van der Waals surface area contributed by atoms with Crippen molar-refractivity contribution in [2.75, 3.05) is 7.05 Å². The molecular formula is C6H13N. The highest BCUT2D eigenvalue weighted by atomic mass is 14.8. The van der Waals surface area contributed by atoms with E-state index in [4.69, 9.17) is 0 Å². The second kappa shape index (κ2) is 5.67. The maximum Gasteiger partial charge on any atom is 0.0273 e. The molecule has 0 aliphatic heterocycles. The summed E-state index contributed by atoms with van der Waals surface area (Å²) in [6.07, 6.45) is 5.65. The van der Waals surface area contributed by atoms with Crippen LogP contribution in [0.1, 0.15) is 26.2 Å². The molecular weight excluding hydrogens is 88.1 g/mol. The van der Waals surface area contributed by atoms with E-state index >= 15 is 0 Å². The molecule has 0 aliphatic rings. The van der Waals surface area contributed by atoms with E-state index in [1.54, 1.807) is 0 Å². The summed E-state index contributed by atoms with van der Waals surface area (Å²) in [7, 11) is 1.82. The van der Waals surface area contributed by atoms with Gasteiger partial charge in [0.1, 0.15) is 0 Å². The van der Waals surface area contributed by atoms with Crippen LogP contribution in [0.5, 0.6) is 0 Å². The highest BCUT2D eigenvalue weighted by Gasteiger charge is 1.74. The van der Waals surface area contributed by atoms with Crippen LogP contribution in [-0.4, -0.2) is 13.3 Å². The molecule has 0 saturated carbocycles. The SMILES string of the molecule is [13CH3]CCC/C=N\[13CH3]. The minimum atomic E-state index is 1.15. The Labute approximate surface area is 45.5 Å². The lowest BCUT2D eigenvalue weighted by molar-refractivity contribution is 0.842. The third-order valence-corrected chi connectivity index (χ3v) is 0.869. The van der Waals surface area contributed by atoms with Gasteiger partial charge >= 0.3 is 0 Å². The van der Waals surface area contributed by atoms with E-state index in [0.717, 1.165) is 6.42 Å². The van der Waals surface area contributed by atoms with Crippen molar-refractivity contribution in [3.8, 4) is 0 Å². The molecule has 0 aromatic rings. The zero-order valence-corrected chi connectivity index (χ0v) is 5.15. The topological polar surface area (TPSA) is 12.4 Å². The molecule has 0 atom stereocenters. The second-order valence-corrected chi connectivity index (χ2v) is 1.58. The van der Waals surface area contributed by atoms with Gasteiger partial charge in [-0.3, -0.25) is 0 Å². The number of hydrogen-bond donors (Lipinski definition) is 0. The smallest absolute Gasteiger partial charge is 0.0273 e. The monoisotopic (exact) mass is 101 g/mol. The summed E-state index contributed by atoms with van der Waals surface area (Å²) in [5.74, 6) is 0. The quantitative estimate of drug-likeness (QED) is 0.292. The molecule has 0 saturated heterocycles. The van der Waals surface area contributed by atoms with Gasteiger partial charge < -0.3 is 4.99 Å². The Hall–Kier alpha value is -0.330. The van der Waals surface area contributed by atoms with Crippen molar-refractivity contribution in [3.05, 3.63) is 0 Å². The average Bonchev–Trinajstić information content (AvgIpc) is 1.69. The Balaban J connectivity index is 2.69. The van der Waals surface area contributed by atoms with Gasteiger partial charge in [0.2, 0.25) is 0 Å². The van der Waals surface area contributed by atoms with E-state index in [1.165, 1.54) is 12.8 Å². The van der Waals surface area contributed by atoms with Crippen molar-refractivity contribution in [3.63, 3.8) is 0 Å². The number of aliphatic imine (C=N–C) groups is 1. The Morgan fingerprint density at radius 2 is 2.29 bits per heavy atom. The minimum Gasteiger partial charge on any atom is -0.301 e. The van der Waals surface area contributed by atoms with E-state index in [9.17, 15) is 0 Å². The van der Waals surface area contributed by atoms with E-state index < -0.39 is 0 Å². The van der Waals surface area contributed by atoms with Gasteiger partial charge in [-0.1, -0.05) is 13.3 Å². The molecule has 0 amide bonds. The van der Waals surface area contributed by atoms with Crippen LogP contribution >= 0.6 is 0 Å². The summed E-state index contributed by atoms with van der Waals surface area (Å²) >= 11 is 0. The molecule has 7 heavy (non-hydrogen) atoms. The van der Waals surface area contributed by atoms with E-state index in [2.05, 4.69) is 11.9 Å².